The maximum atomic E-state index is 11.0. The number of nitro groups is 1. The second-order valence-electron chi connectivity index (χ2n) is 2.51. The zero-order chi connectivity index (χ0) is 10.2. The van der Waals surface area contributed by atoms with Crippen LogP contribution in [0.1, 0.15) is 0 Å². The molecule has 1 heterocycles. The molecule has 7 nitrogen and oxygen atoms in total. The van der Waals surface area contributed by atoms with Gasteiger partial charge in [-0.05, 0) is 4.92 Å². The SMILES string of the molecule is Cn1cnc(S(C)(=O)=O)c1[N+](=O)[O-]. The molecule has 72 valence electrons. The molecular weight excluding hydrogens is 198 g/mol. The molecule has 1 aromatic heterocycles. The predicted molar refractivity (Wildman–Crippen MR) is 43.0 cm³/mol. The molecule has 0 saturated heterocycles. The van der Waals surface area contributed by atoms with Crippen LogP contribution in [-0.4, -0.2) is 29.1 Å². The number of hydrogen-bond donors (Lipinski definition) is 0. The minimum Gasteiger partial charge on any atom is -0.358 e. The fourth-order valence-electron chi connectivity index (χ4n) is 0.871. The van der Waals surface area contributed by atoms with Gasteiger partial charge in [0.25, 0.3) is 5.03 Å². The molecule has 0 fully saturated rings. The van der Waals surface area contributed by atoms with E-state index in [0.29, 0.717) is 0 Å². The molecule has 0 spiro atoms. The van der Waals surface area contributed by atoms with Crippen molar-refractivity contribution in [3.05, 3.63) is 16.4 Å². The van der Waals surface area contributed by atoms with Crippen molar-refractivity contribution in [2.75, 3.05) is 6.26 Å². The van der Waals surface area contributed by atoms with Crippen LogP contribution < -0.4 is 0 Å². The standard InChI is InChI=1S/C5H7N3O4S/c1-7-3-6-4(13(2,11)12)5(7)8(9)10/h3H,1-2H3. The monoisotopic (exact) mass is 205 g/mol. The van der Waals surface area contributed by atoms with E-state index in [2.05, 4.69) is 4.98 Å². The van der Waals surface area contributed by atoms with Crippen LogP contribution in [-0.2, 0) is 16.9 Å². The third kappa shape index (κ3) is 1.66. The lowest BCUT2D eigenvalue weighted by atomic mass is 10.7. The van der Waals surface area contributed by atoms with E-state index < -0.39 is 25.6 Å². The van der Waals surface area contributed by atoms with Gasteiger partial charge in [-0.15, -0.1) is 0 Å². The minimum atomic E-state index is -3.63. The van der Waals surface area contributed by atoms with E-state index in [9.17, 15) is 18.5 Å². The van der Waals surface area contributed by atoms with Crippen LogP contribution in [0.25, 0.3) is 0 Å². The van der Waals surface area contributed by atoms with Crippen LogP contribution in [0.2, 0.25) is 0 Å². The van der Waals surface area contributed by atoms with Crippen molar-refractivity contribution < 1.29 is 13.3 Å². The molecule has 0 unspecified atom stereocenters. The smallest absolute Gasteiger partial charge is 0.358 e. The average molecular weight is 205 g/mol. The van der Waals surface area contributed by atoms with Crippen LogP contribution in [0.4, 0.5) is 5.82 Å². The van der Waals surface area contributed by atoms with Gasteiger partial charge >= 0.3 is 5.82 Å². The van der Waals surface area contributed by atoms with Crippen LogP contribution >= 0.6 is 0 Å². The summed E-state index contributed by atoms with van der Waals surface area (Å²) in [6.07, 6.45) is 1.97. The Morgan fingerprint density at radius 2 is 2.15 bits per heavy atom. The fraction of sp³-hybridized carbons (Fsp3) is 0.400. The maximum absolute atomic E-state index is 11.0. The Morgan fingerprint density at radius 3 is 2.46 bits per heavy atom. The highest BCUT2D eigenvalue weighted by atomic mass is 32.2. The zero-order valence-electron chi connectivity index (χ0n) is 6.96. The Balaban J connectivity index is 3.49. The van der Waals surface area contributed by atoms with Crippen molar-refractivity contribution in [2.24, 2.45) is 7.05 Å². The summed E-state index contributed by atoms with van der Waals surface area (Å²) in [5.74, 6) is -0.512. The Labute approximate surface area is 74.1 Å². The lowest BCUT2D eigenvalue weighted by molar-refractivity contribution is -0.394. The average Bonchev–Trinajstić information content (AvgIpc) is 2.28. The maximum Gasteiger partial charge on any atom is 0.361 e. The van der Waals surface area contributed by atoms with Crippen molar-refractivity contribution >= 4 is 15.7 Å². The Hall–Kier alpha value is -1.44. The molecule has 13 heavy (non-hydrogen) atoms. The van der Waals surface area contributed by atoms with Gasteiger partial charge in [0.2, 0.25) is 9.84 Å². The molecule has 8 heteroatoms. The van der Waals surface area contributed by atoms with E-state index in [0.717, 1.165) is 17.2 Å². The molecule has 0 N–H and O–H groups in total. The first-order valence-electron chi connectivity index (χ1n) is 3.20. The van der Waals surface area contributed by atoms with Crippen molar-refractivity contribution in [3.63, 3.8) is 0 Å². The van der Waals surface area contributed by atoms with E-state index in [1.165, 1.54) is 7.05 Å². The predicted octanol–water partition coefficient (Wildman–Crippen LogP) is -0.268. The van der Waals surface area contributed by atoms with Gasteiger partial charge in [-0.2, -0.15) is 4.98 Å². The van der Waals surface area contributed by atoms with Crippen LogP contribution in [0, 0.1) is 10.1 Å². The topological polar surface area (TPSA) is 95.1 Å². The molecule has 0 aliphatic carbocycles. The summed E-state index contributed by atoms with van der Waals surface area (Å²) in [7, 11) is -2.27. The second-order valence-corrected chi connectivity index (χ2v) is 4.44. The van der Waals surface area contributed by atoms with E-state index >= 15 is 0 Å². The number of aromatic nitrogens is 2. The fourth-order valence-corrected chi connectivity index (χ4v) is 1.66. The number of imidazole rings is 1. The Morgan fingerprint density at radius 1 is 1.62 bits per heavy atom. The van der Waals surface area contributed by atoms with Gasteiger partial charge in [-0.1, -0.05) is 0 Å². The quantitative estimate of drug-likeness (QED) is 0.489. The summed E-state index contributed by atoms with van der Waals surface area (Å²) in [6, 6.07) is 0. The van der Waals surface area contributed by atoms with Gasteiger partial charge < -0.3 is 10.1 Å². The van der Waals surface area contributed by atoms with Gasteiger partial charge in [0.1, 0.15) is 0 Å². The lowest BCUT2D eigenvalue weighted by Crippen LogP contribution is -2.04. The van der Waals surface area contributed by atoms with Gasteiger partial charge in [-0.25, -0.2) is 13.0 Å². The summed E-state index contributed by atoms with van der Waals surface area (Å²) in [5, 5.41) is 9.93. The first kappa shape index (κ1) is 9.65. The molecule has 1 aromatic rings. The number of sulfone groups is 1. The minimum absolute atomic E-state index is 0.500. The summed E-state index contributed by atoms with van der Waals surface area (Å²) in [6.45, 7) is 0. The molecule has 0 aliphatic rings. The molecule has 0 aromatic carbocycles. The van der Waals surface area contributed by atoms with Crippen LogP contribution in [0.5, 0.6) is 0 Å². The normalized spacial score (nSPS) is 11.5. The highest BCUT2D eigenvalue weighted by molar-refractivity contribution is 7.90. The van der Waals surface area contributed by atoms with Gasteiger partial charge in [0, 0.05) is 6.26 Å². The van der Waals surface area contributed by atoms with Gasteiger partial charge in [0.05, 0.1) is 7.05 Å². The summed E-state index contributed by atoms with van der Waals surface area (Å²) >= 11 is 0. The third-order valence-electron chi connectivity index (χ3n) is 1.40. The summed E-state index contributed by atoms with van der Waals surface area (Å²) in [5.41, 5.74) is 0. The molecule has 0 atom stereocenters. The first-order chi connectivity index (χ1) is 5.84. The number of rotatable bonds is 2. The molecule has 0 aliphatic heterocycles. The molecule has 0 radical (unpaired) electrons. The molecule has 0 bridgehead atoms. The van der Waals surface area contributed by atoms with Crippen molar-refractivity contribution in [1.82, 2.24) is 9.55 Å². The Bertz CT molecular complexity index is 446. The second kappa shape index (κ2) is 2.80. The van der Waals surface area contributed by atoms with E-state index in [-0.39, 0.29) is 0 Å². The summed E-state index contributed by atoms with van der Waals surface area (Å²) in [4.78, 5) is 13.1. The van der Waals surface area contributed by atoms with Gasteiger partial charge in [0.15, 0.2) is 6.33 Å². The number of nitrogens with zero attached hydrogens (tertiary/aromatic N) is 3. The van der Waals surface area contributed by atoms with Crippen molar-refractivity contribution in [3.8, 4) is 0 Å². The molecule has 0 saturated carbocycles. The number of aryl methyl sites for hydroxylation is 1. The highest BCUT2D eigenvalue weighted by Crippen LogP contribution is 2.20. The molecular formula is C5H7N3O4S. The molecule has 1 rings (SSSR count). The van der Waals surface area contributed by atoms with E-state index in [1.54, 1.807) is 0 Å². The largest absolute Gasteiger partial charge is 0.361 e. The van der Waals surface area contributed by atoms with E-state index in [1.807, 2.05) is 0 Å². The van der Waals surface area contributed by atoms with E-state index in [4.69, 9.17) is 0 Å². The zero-order valence-corrected chi connectivity index (χ0v) is 7.78. The van der Waals surface area contributed by atoms with Crippen molar-refractivity contribution in [1.29, 1.82) is 0 Å². The van der Waals surface area contributed by atoms with Gasteiger partial charge in [-0.3, -0.25) is 0 Å². The lowest BCUT2D eigenvalue weighted by Gasteiger charge is -1.95. The van der Waals surface area contributed by atoms with Crippen LogP contribution in [0.3, 0.4) is 0 Å². The van der Waals surface area contributed by atoms with Crippen LogP contribution in [0.15, 0.2) is 11.4 Å². The third-order valence-corrected chi connectivity index (χ3v) is 2.39. The molecule has 0 amide bonds. The Kier molecular flexibility index (Phi) is 2.08. The van der Waals surface area contributed by atoms with Crippen molar-refractivity contribution in [2.45, 2.75) is 5.03 Å². The highest BCUT2D eigenvalue weighted by Gasteiger charge is 2.26. The first-order valence-corrected chi connectivity index (χ1v) is 5.09. The number of hydrogen-bond acceptors (Lipinski definition) is 5. The summed E-state index contributed by atoms with van der Waals surface area (Å²) < 4.78 is 23.0.